The molecule has 2 rings (SSSR count). The first-order chi connectivity index (χ1) is 15.7. The van der Waals surface area contributed by atoms with E-state index in [2.05, 4.69) is 14.4 Å². The molecule has 34 heavy (non-hydrogen) atoms. The Morgan fingerprint density at radius 3 is 2.41 bits per heavy atom. The molecule has 0 fully saturated rings. The molecule has 0 spiro atoms. The molecule has 0 aliphatic carbocycles. The van der Waals surface area contributed by atoms with Crippen LogP contribution in [-0.2, 0) is 40.0 Å². The van der Waals surface area contributed by atoms with Crippen LogP contribution in [0.1, 0.15) is 57.2 Å². The topological polar surface area (TPSA) is 96.3 Å². The summed E-state index contributed by atoms with van der Waals surface area (Å²) in [5.74, 6) is -2.45. The van der Waals surface area contributed by atoms with Crippen molar-refractivity contribution in [2.75, 3.05) is 6.61 Å². The monoisotopic (exact) mass is 521 g/mol. The summed E-state index contributed by atoms with van der Waals surface area (Å²) in [6.45, 7) is 5.94. The van der Waals surface area contributed by atoms with E-state index in [-0.39, 0.29) is 29.7 Å². The van der Waals surface area contributed by atoms with Gasteiger partial charge in [-0.3, -0.25) is 14.2 Å². The lowest BCUT2D eigenvalue weighted by molar-refractivity contribution is -0.152. The Bertz CT molecular complexity index is 1040. The van der Waals surface area contributed by atoms with Crippen LogP contribution in [0.5, 0.6) is 0 Å². The number of carbonyl (C=O) groups is 1. The van der Waals surface area contributed by atoms with Crippen LogP contribution >= 0.6 is 11.6 Å². The first-order valence-electron chi connectivity index (χ1n) is 10.5. The molecule has 1 N–H and O–H groups in total. The summed E-state index contributed by atoms with van der Waals surface area (Å²) < 4.78 is 60.8. The molecule has 0 saturated carbocycles. The third-order valence-electron chi connectivity index (χ3n) is 4.67. The van der Waals surface area contributed by atoms with Gasteiger partial charge in [-0.1, -0.05) is 23.7 Å². The predicted octanol–water partition coefficient (Wildman–Crippen LogP) is 4.20. The normalized spacial score (nSPS) is 14.0. The molecule has 0 aliphatic heterocycles. The van der Waals surface area contributed by atoms with Gasteiger partial charge in [0.25, 0.3) is 5.56 Å². The minimum absolute atomic E-state index is 0.0137. The smallest absolute Gasteiger partial charge is 0.449 e. The summed E-state index contributed by atoms with van der Waals surface area (Å²) in [6, 6.07) is 7.23. The van der Waals surface area contributed by atoms with E-state index in [0.717, 1.165) is 11.6 Å². The quantitative estimate of drug-likeness (QED) is 0.392. The summed E-state index contributed by atoms with van der Waals surface area (Å²) in [5, 5.41) is 0.501. The molecular weight excluding hydrogens is 495 g/mol. The van der Waals surface area contributed by atoms with Crippen LogP contribution in [0.3, 0.4) is 0 Å². The molecule has 2 aromatic rings. The Kier molecular flexibility index (Phi) is 9.58. The first kappa shape index (κ1) is 28.2. The Morgan fingerprint density at radius 2 is 1.88 bits per heavy atom. The van der Waals surface area contributed by atoms with E-state index in [1.54, 1.807) is 45.0 Å². The average Bonchev–Trinajstić information content (AvgIpc) is 2.72. The zero-order valence-corrected chi connectivity index (χ0v) is 20.8. The lowest BCUT2D eigenvalue weighted by atomic mass is 10.0. The Balaban J connectivity index is 2.34. The summed E-state index contributed by atoms with van der Waals surface area (Å²) in [6.07, 6.45) is -4.77. The Morgan fingerprint density at radius 1 is 1.26 bits per heavy atom. The average molecular weight is 522 g/mol. The summed E-state index contributed by atoms with van der Waals surface area (Å²) in [4.78, 5) is 27.8. The van der Waals surface area contributed by atoms with Gasteiger partial charge < -0.3 is 9.29 Å². The number of ether oxygens (including phenoxy) is 1. The van der Waals surface area contributed by atoms with Gasteiger partial charge in [0.15, 0.2) is 0 Å². The zero-order chi connectivity index (χ0) is 25.7. The van der Waals surface area contributed by atoms with Gasteiger partial charge in [-0.25, -0.2) is 4.98 Å². The minimum Gasteiger partial charge on any atom is -0.598 e. The number of rotatable bonds is 9. The van der Waals surface area contributed by atoms with Crippen LogP contribution in [0.2, 0.25) is 5.02 Å². The number of alkyl halides is 3. The molecular formula is C22H27ClF3N3O4S. The van der Waals surface area contributed by atoms with Crippen LogP contribution in [0.15, 0.2) is 35.1 Å². The fraction of sp³-hybridized carbons (Fsp3) is 0.500. The van der Waals surface area contributed by atoms with E-state index in [1.807, 2.05) is 0 Å². The van der Waals surface area contributed by atoms with Gasteiger partial charge in [0, 0.05) is 28.1 Å². The van der Waals surface area contributed by atoms with E-state index in [4.69, 9.17) is 11.6 Å². The highest BCUT2D eigenvalue weighted by molar-refractivity contribution is 7.90. The number of hydrogen-bond acceptors (Lipinski definition) is 6. The van der Waals surface area contributed by atoms with Crippen molar-refractivity contribution in [3.8, 4) is 0 Å². The maximum atomic E-state index is 13.6. The third-order valence-corrected chi connectivity index (χ3v) is 6.54. The van der Waals surface area contributed by atoms with Crippen molar-refractivity contribution in [2.45, 2.75) is 64.0 Å². The van der Waals surface area contributed by atoms with Crippen molar-refractivity contribution in [1.82, 2.24) is 14.3 Å². The lowest BCUT2D eigenvalue weighted by Gasteiger charge is -2.28. The molecule has 1 aromatic heterocycles. The second-order valence-corrected chi connectivity index (χ2v) is 10.9. The highest BCUT2D eigenvalue weighted by Gasteiger charge is 2.38. The zero-order valence-electron chi connectivity index (χ0n) is 19.2. The number of carbonyl (C=O) groups excluding carboxylic acids is 1. The van der Waals surface area contributed by atoms with E-state index in [9.17, 15) is 27.3 Å². The summed E-state index contributed by atoms with van der Waals surface area (Å²) >= 11 is 4.48. The second-order valence-electron chi connectivity index (χ2n) is 8.44. The maximum Gasteiger partial charge on any atom is 0.449 e. The number of benzene rings is 1. The molecule has 2 atom stereocenters. The number of esters is 1. The van der Waals surface area contributed by atoms with Crippen molar-refractivity contribution < 1.29 is 27.3 Å². The number of aromatic nitrogens is 2. The van der Waals surface area contributed by atoms with Gasteiger partial charge in [-0.2, -0.15) is 13.2 Å². The number of nitrogens with one attached hydrogen (secondary N) is 1. The van der Waals surface area contributed by atoms with Gasteiger partial charge in [-0.15, -0.1) is 4.72 Å². The number of hydrogen-bond donors (Lipinski definition) is 1. The minimum atomic E-state index is -4.96. The summed E-state index contributed by atoms with van der Waals surface area (Å²) in [5.41, 5.74) is -0.381. The van der Waals surface area contributed by atoms with Crippen molar-refractivity contribution in [3.63, 3.8) is 0 Å². The van der Waals surface area contributed by atoms with Crippen LogP contribution in [-0.4, -0.2) is 31.4 Å². The molecule has 0 bridgehead atoms. The largest absolute Gasteiger partial charge is 0.598 e. The Labute approximate surface area is 204 Å². The van der Waals surface area contributed by atoms with Crippen molar-refractivity contribution in [1.29, 1.82) is 0 Å². The standard InChI is InChI=1S/C22H27ClF3N3O4S/c1-5-33-19(31)13-29-18(30)12-16(27-20(29)22(24,25)26)10-11-17(28-34(32)21(2,3)4)14-6-8-15(23)9-7-14/h6-9,12,17,28H,5,10-11,13H2,1-4H3/t17-,34?/m0/s1. The highest BCUT2D eigenvalue weighted by Crippen LogP contribution is 2.28. The van der Waals surface area contributed by atoms with E-state index in [0.29, 0.717) is 5.02 Å². The predicted molar refractivity (Wildman–Crippen MR) is 124 cm³/mol. The molecule has 0 radical (unpaired) electrons. The van der Waals surface area contributed by atoms with Crippen LogP contribution in [0.25, 0.3) is 0 Å². The number of nitrogens with zero attached hydrogens (tertiary/aromatic N) is 2. The third kappa shape index (κ3) is 8.00. The maximum absolute atomic E-state index is 13.6. The molecule has 0 aliphatic rings. The molecule has 0 saturated heterocycles. The Hall–Kier alpha value is -2.08. The molecule has 1 heterocycles. The number of aryl methyl sites for hydroxylation is 1. The van der Waals surface area contributed by atoms with Gasteiger partial charge >= 0.3 is 12.1 Å². The number of halogens is 4. The van der Waals surface area contributed by atoms with E-state index < -0.39 is 52.2 Å². The summed E-state index contributed by atoms with van der Waals surface area (Å²) in [7, 11) is 0. The van der Waals surface area contributed by atoms with Gasteiger partial charge in [0.1, 0.15) is 11.3 Å². The highest BCUT2D eigenvalue weighted by atomic mass is 35.5. The van der Waals surface area contributed by atoms with Crippen LogP contribution in [0, 0.1) is 0 Å². The molecule has 12 heteroatoms. The molecule has 1 aromatic carbocycles. The first-order valence-corrected chi connectivity index (χ1v) is 12.0. The van der Waals surface area contributed by atoms with Crippen molar-refractivity contribution in [2.24, 2.45) is 0 Å². The molecule has 1 unspecified atom stereocenters. The molecule has 7 nitrogen and oxygen atoms in total. The van der Waals surface area contributed by atoms with Gasteiger partial charge in [0.2, 0.25) is 5.82 Å². The second kappa shape index (κ2) is 11.6. The van der Waals surface area contributed by atoms with Crippen molar-refractivity contribution >= 4 is 28.9 Å². The van der Waals surface area contributed by atoms with Crippen molar-refractivity contribution in [3.05, 3.63) is 62.8 Å². The van der Waals surface area contributed by atoms with E-state index in [1.165, 1.54) is 6.92 Å². The van der Waals surface area contributed by atoms with Crippen LogP contribution in [0.4, 0.5) is 13.2 Å². The lowest BCUT2D eigenvalue weighted by Crippen LogP contribution is -2.41. The molecule has 188 valence electrons. The molecule has 0 amide bonds. The van der Waals surface area contributed by atoms with Crippen LogP contribution < -0.4 is 10.3 Å². The fourth-order valence-corrected chi connectivity index (χ4v) is 3.97. The van der Waals surface area contributed by atoms with Gasteiger partial charge in [-0.05, 0) is 58.2 Å². The van der Waals surface area contributed by atoms with E-state index >= 15 is 0 Å². The fourth-order valence-electron chi connectivity index (χ4n) is 2.97. The SMILES string of the molecule is CCOC(=O)Cn1c(C(F)(F)F)nc(CC[C@H](N[S+]([O-])C(C)(C)C)c2ccc(Cl)cc2)cc1=O. The van der Waals surface area contributed by atoms with Gasteiger partial charge in [0.05, 0.1) is 12.6 Å².